The molecule has 1 atom stereocenters. The number of amides is 2. The molecule has 10 nitrogen and oxygen atoms in total. The van der Waals surface area contributed by atoms with Gasteiger partial charge in [-0.15, -0.1) is 0 Å². The van der Waals surface area contributed by atoms with Gasteiger partial charge in [0.2, 0.25) is 21.8 Å². The Morgan fingerprint density at radius 2 is 1.71 bits per heavy atom. The first-order chi connectivity index (χ1) is 16.4. The molecule has 0 fully saturated rings. The number of nitro benzene ring substituents is 1. The summed E-state index contributed by atoms with van der Waals surface area (Å²) in [5.41, 5.74) is 2.01. The first kappa shape index (κ1) is 27.8. The summed E-state index contributed by atoms with van der Waals surface area (Å²) in [4.78, 5) is 38.4. The summed E-state index contributed by atoms with van der Waals surface area (Å²) in [5.74, 6) is -0.937. The molecule has 1 N–H and O–H groups in total. The number of hydrogen-bond donors (Lipinski definition) is 1. The summed E-state index contributed by atoms with van der Waals surface area (Å²) in [6, 6.07) is 10.5. The van der Waals surface area contributed by atoms with Crippen LogP contribution in [0, 0.1) is 24.0 Å². The van der Waals surface area contributed by atoms with Gasteiger partial charge >= 0.3 is 0 Å². The van der Waals surface area contributed by atoms with Gasteiger partial charge in [0.15, 0.2) is 0 Å². The fraction of sp³-hybridized carbons (Fsp3) is 0.417. The normalized spacial score (nSPS) is 12.0. The number of carbonyl (C=O) groups excluding carboxylic acids is 2. The maximum Gasteiger partial charge on any atom is 0.271 e. The molecule has 2 amide bonds. The Morgan fingerprint density at radius 1 is 1.09 bits per heavy atom. The van der Waals surface area contributed by atoms with Gasteiger partial charge in [0.1, 0.15) is 12.6 Å². The van der Waals surface area contributed by atoms with Gasteiger partial charge in [-0.05, 0) is 38.3 Å². The fourth-order valence-corrected chi connectivity index (χ4v) is 4.58. The molecule has 2 rings (SSSR count). The van der Waals surface area contributed by atoms with Gasteiger partial charge in [0.25, 0.3) is 5.69 Å². The SMILES string of the molecule is CCNC(=O)[C@@H](CC)N(Cc1ccc(C)cc1)C(=O)CN(c1cc([N+](=O)[O-])ccc1C)S(C)(=O)=O. The molecule has 0 unspecified atom stereocenters. The molecule has 11 heteroatoms. The number of aryl methyl sites for hydroxylation is 2. The van der Waals surface area contributed by atoms with E-state index in [0.29, 0.717) is 18.5 Å². The molecule has 2 aromatic rings. The number of anilines is 1. The number of sulfonamides is 1. The fourth-order valence-electron chi connectivity index (χ4n) is 3.68. The molecule has 190 valence electrons. The number of non-ortho nitro benzene ring substituents is 1. The standard InChI is InChI=1S/C24H32N4O6S/c1-6-21(24(30)25-7-2)26(15-19-11-8-17(3)9-12-19)23(29)16-27(35(5,33)34)22-14-20(28(31)32)13-10-18(22)4/h8-14,21H,6-7,15-16H2,1-5H3,(H,25,30)/t21-/m1/s1. The van der Waals surface area contributed by atoms with E-state index >= 15 is 0 Å². The van der Waals surface area contributed by atoms with Crippen LogP contribution in [0.3, 0.4) is 0 Å². The smallest absolute Gasteiger partial charge is 0.271 e. The predicted octanol–water partition coefficient (Wildman–Crippen LogP) is 2.92. The number of nitrogens with zero attached hydrogens (tertiary/aromatic N) is 3. The quantitative estimate of drug-likeness (QED) is 0.370. The molecule has 0 radical (unpaired) electrons. The molecule has 0 aliphatic rings. The van der Waals surface area contributed by atoms with Gasteiger partial charge in [0, 0.05) is 25.2 Å². The average Bonchev–Trinajstić information content (AvgIpc) is 2.78. The van der Waals surface area contributed by atoms with E-state index in [4.69, 9.17) is 0 Å². The predicted molar refractivity (Wildman–Crippen MR) is 135 cm³/mol. The minimum absolute atomic E-state index is 0.0383. The van der Waals surface area contributed by atoms with Crippen LogP contribution in [-0.2, 0) is 26.2 Å². The first-order valence-electron chi connectivity index (χ1n) is 11.2. The summed E-state index contributed by atoms with van der Waals surface area (Å²) < 4.78 is 26.3. The van der Waals surface area contributed by atoms with Crippen LogP contribution < -0.4 is 9.62 Å². The van der Waals surface area contributed by atoms with Crippen LogP contribution in [0.5, 0.6) is 0 Å². The molecule has 0 aromatic heterocycles. The molecule has 0 spiro atoms. The largest absolute Gasteiger partial charge is 0.355 e. The Bertz CT molecular complexity index is 1180. The third-order valence-corrected chi connectivity index (χ3v) is 6.69. The van der Waals surface area contributed by atoms with Crippen LogP contribution >= 0.6 is 0 Å². The lowest BCUT2D eigenvalue weighted by atomic mass is 10.1. The van der Waals surface area contributed by atoms with Crippen molar-refractivity contribution < 1.29 is 22.9 Å². The van der Waals surface area contributed by atoms with E-state index < -0.39 is 33.4 Å². The lowest BCUT2D eigenvalue weighted by Gasteiger charge is -2.33. The Kier molecular flexibility index (Phi) is 9.35. The van der Waals surface area contributed by atoms with Gasteiger partial charge in [-0.3, -0.25) is 24.0 Å². The maximum absolute atomic E-state index is 13.6. The number of benzene rings is 2. The minimum atomic E-state index is -3.99. The van der Waals surface area contributed by atoms with E-state index in [1.165, 1.54) is 17.0 Å². The highest BCUT2D eigenvalue weighted by Gasteiger charge is 2.32. The van der Waals surface area contributed by atoms with Gasteiger partial charge in [-0.2, -0.15) is 0 Å². The molecule has 35 heavy (non-hydrogen) atoms. The van der Waals surface area contributed by atoms with E-state index in [1.807, 2.05) is 31.2 Å². The monoisotopic (exact) mass is 504 g/mol. The van der Waals surface area contributed by atoms with Gasteiger partial charge in [0.05, 0.1) is 16.9 Å². The zero-order valence-electron chi connectivity index (χ0n) is 20.6. The molecular formula is C24H32N4O6S. The van der Waals surface area contributed by atoms with Crippen LogP contribution in [0.25, 0.3) is 0 Å². The Morgan fingerprint density at radius 3 is 2.23 bits per heavy atom. The second-order valence-corrected chi connectivity index (χ2v) is 10.2. The zero-order chi connectivity index (χ0) is 26.3. The van der Waals surface area contributed by atoms with Crippen LogP contribution in [0.15, 0.2) is 42.5 Å². The molecular weight excluding hydrogens is 472 g/mol. The summed E-state index contributed by atoms with van der Waals surface area (Å²) in [7, 11) is -3.99. The molecule has 0 heterocycles. The number of likely N-dealkylation sites (N-methyl/N-ethyl adjacent to an activating group) is 1. The van der Waals surface area contributed by atoms with Crippen molar-refractivity contribution in [2.45, 2.75) is 46.7 Å². The average molecular weight is 505 g/mol. The third-order valence-electron chi connectivity index (χ3n) is 5.56. The number of hydrogen-bond acceptors (Lipinski definition) is 6. The molecule has 0 aliphatic heterocycles. The molecule has 0 saturated heterocycles. The van der Waals surface area contributed by atoms with Crippen LogP contribution in [0.2, 0.25) is 0 Å². The number of nitro groups is 1. The zero-order valence-corrected chi connectivity index (χ0v) is 21.5. The lowest BCUT2D eigenvalue weighted by molar-refractivity contribution is -0.384. The minimum Gasteiger partial charge on any atom is -0.355 e. The van der Waals surface area contributed by atoms with Crippen molar-refractivity contribution in [2.24, 2.45) is 0 Å². The van der Waals surface area contributed by atoms with Crippen molar-refractivity contribution >= 4 is 33.2 Å². The highest BCUT2D eigenvalue weighted by molar-refractivity contribution is 7.92. The topological polar surface area (TPSA) is 130 Å². The summed E-state index contributed by atoms with van der Waals surface area (Å²) in [6.45, 7) is 6.95. The Labute approximate surface area is 206 Å². The van der Waals surface area contributed by atoms with Gasteiger partial charge in [-0.25, -0.2) is 8.42 Å². The van der Waals surface area contributed by atoms with E-state index in [1.54, 1.807) is 20.8 Å². The molecule has 0 saturated carbocycles. The third kappa shape index (κ3) is 7.25. The Balaban J connectivity index is 2.51. The number of nitrogens with one attached hydrogen (secondary N) is 1. The van der Waals surface area contributed by atoms with Crippen molar-refractivity contribution in [2.75, 3.05) is 23.7 Å². The summed E-state index contributed by atoms with van der Waals surface area (Å²) >= 11 is 0. The second kappa shape index (κ2) is 11.8. The number of carbonyl (C=O) groups is 2. The van der Waals surface area contributed by atoms with Crippen molar-refractivity contribution in [1.29, 1.82) is 0 Å². The second-order valence-electron chi connectivity index (χ2n) is 8.32. The van der Waals surface area contributed by atoms with Crippen molar-refractivity contribution in [3.63, 3.8) is 0 Å². The van der Waals surface area contributed by atoms with Crippen LogP contribution in [-0.4, -0.2) is 55.4 Å². The molecule has 2 aromatic carbocycles. The molecule has 0 aliphatic carbocycles. The van der Waals surface area contributed by atoms with Gasteiger partial charge in [-0.1, -0.05) is 42.8 Å². The van der Waals surface area contributed by atoms with Gasteiger partial charge < -0.3 is 10.2 Å². The lowest BCUT2D eigenvalue weighted by Crippen LogP contribution is -2.52. The van der Waals surface area contributed by atoms with Crippen LogP contribution in [0.1, 0.15) is 37.0 Å². The van der Waals surface area contributed by atoms with Crippen molar-refractivity contribution in [3.8, 4) is 0 Å². The van der Waals surface area contributed by atoms with E-state index in [-0.39, 0.29) is 23.8 Å². The maximum atomic E-state index is 13.6. The number of rotatable bonds is 11. The van der Waals surface area contributed by atoms with E-state index in [9.17, 15) is 28.1 Å². The van der Waals surface area contributed by atoms with E-state index in [0.717, 1.165) is 27.8 Å². The first-order valence-corrected chi connectivity index (χ1v) is 13.1. The van der Waals surface area contributed by atoms with Crippen LogP contribution in [0.4, 0.5) is 11.4 Å². The van der Waals surface area contributed by atoms with E-state index in [2.05, 4.69) is 5.32 Å². The molecule has 0 bridgehead atoms. The van der Waals surface area contributed by atoms with Crippen molar-refractivity contribution in [3.05, 3.63) is 69.3 Å². The summed E-state index contributed by atoms with van der Waals surface area (Å²) in [5, 5.41) is 14.0. The van der Waals surface area contributed by atoms with Crippen molar-refractivity contribution in [1.82, 2.24) is 10.2 Å². The Hall–Kier alpha value is -3.47. The highest BCUT2D eigenvalue weighted by atomic mass is 32.2. The summed E-state index contributed by atoms with van der Waals surface area (Å²) in [6.07, 6.45) is 1.25. The highest BCUT2D eigenvalue weighted by Crippen LogP contribution is 2.28.